The summed E-state index contributed by atoms with van der Waals surface area (Å²) in [6.45, 7) is 0. The minimum atomic E-state index is 0.926. The minimum absolute atomic E-state index is 0.926. The molecule has 0 aliphatic rings. The van der Waals surface area contributed by atoms with Crippen molar-refractivity contribution in [3.8, 4) is 0 Å². The fraction of sp³-hybridized carbons (Fsp3) is 0.0667. The minimum Gasteiger partial charge on any atom is -0.356 e. The maximum atomic E-state index is 3.41. The number of anilines is 4. The number of benzene rings is 4. The van der Waals surface area contributed by atoms with E-state index in [1.54, 1.807) is 0 Å². The standard InChI is InChI=1S/C30H28N2/c1(5-11-25-17-21-29(22-18-25)31-27-13-7-3-8-14-27)2-6-12-26-19-23-30(24-20-26)32-28-15-9-4-10-16-28/h1-10,13-24,31-32H,11-12H2/b5-1-,6-2-. The van der Waals surface area contributed by atoms with Crippen LogP contribution in [0, 0.1) is 0 Å². The molecule has 0 unspecified atom stereocenters. The Morgan fingerprint density at radius 3 is 1.12 bits per heavy atom. The van der Waals surface area contributed by atoms with E-state index in [2.05, 4.69) is 108 Å². The number of para-hydroxylation sites is 2. The summed E-state index contributed by atoms with van der Waals surface area (Å²) in [6.07, 6.45) is 10.5. The molecule has 0 bridgehead atoms. The molecule has 0 radical (unpaired) electrons. The van der Waals surface area contributed by atoms with E-state index in [0.717, 1.165) is 35.6 Å². The predicted octanol–water partition coefficient (Wildman–Crippen LogP) is 8.07. The number of allylic oxidation sites excluding steroid dienone is 4. The largest absolute Gasteiger partial charge is 0.356 e. The summed E-state index contributed by atoms with van der Waals surface area (Å²) in [4.78, 5) is 0. The van der Waals surface area contributed by atoms with Gasteiger partial charge in [0.05, 0.1) is 0 Å². The molecule has 0 aliphatic heterocycles. The van der Waals surface area contributed by atoms with Crippen LogP contribution < -0.4 is 10.6 Å². The highest BCUT2D eigenvalue weighted by atomic mass is 14.9. The van der Waals surface area contributed by atoms with Gasteiger partial charge in [0.15, 0.2) is 0 Å². The lowest BCUT2D eigenvalue weighted by atomic mass is 10.1. The number of hydrogen-bond donors (Lipinski definition) is 2. The third kappa shape index (κ3) is 6.75. The van der Waals surface area contributed by atoms with Gasteiger partial charge < -0.3 is 10.6 Å². The van der Waals surface area contributed by atoms with Crippen LogP contribution in [0.5, 0.6) is 0 Å². The van der Waals surface area contributed by atoms with Crippen molar-refractivity contribution in [3.05, 3.63) is 145 Å². The first-order valence-electron chi connectivity index (χ1n) is 11.0. The average molecular weight is 417 g/mol. The van der Waals surface area contributed by atoms with Crippen molar-refractivity contribution >= 4 is 22.7 Å². The Hall–Kier alpha value is -4.04. The molecular weight excluding hydrogens is 388 g/mol. The third-order valence-electron chi connectivity index (χ3n) is 5.12. The van der Waals surface area contributed by atoms with Gasteiger partial charge in [-0.2, -0.15) is 0 Å². The molecule has 0 aromatic heterocycles. The van der Waals surface area contributed by atoms with E-state index >= 15 is 0 Å². The smallest absolute Gasteiger partial charge is 0.0384 e. The van der Waals surface area contributed by atoms with E-state index < -0.39 is 0 Å². The topological polar surface area (TPSA) is 24.1 Å². The van der Waals surface area contributed by atoms with Crippen molar-refractivity contribution in [1.82, 2.24) is 0 Å². The molecule has 4 aromatic carbocycles. The highest BCUT2D eigenvalue weighted by Gasteiger charge is 1.96. The molecule has 0 spiro atoms. The lowest BCUT2D eigenvalue weighted by molar-refractivity contribution is 1.26. The molecule has 4 rings (SSSR count). The van der Waals surface area contributed by atoms with Crippen LogP contribution in [0.1, 0.15) is 11.1 Å². The number of rotatable bonds is 9. The van der Waals surface area contributed by atoms with E-state index in [9.17, 15) is 0 Å². The predicted molar refractivity (Wildman–Crippen MR) is 138 cm³/mol. The first-order chi connectivity index (χ1) is 15.8. The molecule has 4 aromatic rings. The summed E-state index contributed by atoms with van der Waals surface area (Å²) in [7, 11) is 0. The molecule has 0 atom stereocenters. The van der Waals surface area contributed by atoms with Gasteiger partial charge >= 0.3 is 0 Å². The number of hydrogen-bond acceptors (Lipinski definition) is 2. The Kier molecular flexibility index (Phi) is 7.54. The lowest BCUT2D eigenvalue weighted by Gasteiger charge is -2.06. The Morgan fingerprint density at radius 2 is 0.750 bits per heavy atom. The zero-order valence-corrected chi connectivity index (χ0v) is 18.1. The highest BCUT2D eigenvalue weighted by molar-refractivity contribution is 5.60. The van der Waals surface area contributed by atoms with Crippen LogP contribution in [0.4, 0.5) is 22.7 Å². The molecule has 0 heterocycles. The van der Waals surface area contributed by atoms with Crippen molar-refractivity contribution < 1.29 is 0 Å². The molecule has 0 fully saturated rings. The molecule has 0 saturated heterocycles. The fourth-order valence-corrected chi connectivity index (χ4v) is 3.39. The van der Waals surface area contributed by atoms with E-state index in [0.29, 0.717) is 0 Å². The summed E-state index contributed by atoms with van der Waals surface area (Å²) in [5, 5.41) is 6.83. The second-order valence-electron chi connectivity index (χ2n) is 7.64. The number of nitrogens with one attached hydrogen (secondary N) is 2. The van der Waals surface area contributed by atoms with Crippen LogP contribution in [0.2, 0.25) is 0 Å². The maximum absolute atomic E-state index is 3.41. The van der Waals surface area contributed by atoms with Gasteiger partial charge in [-0.05, 0) is 72.5 Å². The Bertz CT molecular complexity index is 1030. The SMILES string of the molecule is C(/C=C\Cc1ccc(Nc2ccccc2)cc1)=C/Cc1ccc(Nc2ccccc2)cc1. The van der Waals surface area contributed by atoms with Crippen molar-refractivity contribution in [2.45, 2.75) is 12.8 Å². The van der Waals surface area contributed by atoms with E-state index in [-0.39, 0.29) is 0 Å². The molecule has 158 valence electrons. The van der Waals surface area contributed by atoms with E-state index in [1.807, 2.05) is 36.4 Å². The van der Waals surface area contributed by atoms with Crippen molar-refractivity contribution in [3.63, 3.8) is 0 Å². The molecule has 0 saturated carbocycles. The van der Waals surface area contributed by atoms with E-state index in [1.165, 1.54) is 11.1 Å². The van der Waals surface area contributed by atoms with E-state index in [4.69, 9.17) is 0 Å². The van der Waals surface area contributed by atoms with Gasteiger partial charge in [-0.3, -0.25) is 0 Å². The molecule has 2 nitrogen and oxygen atoms in total. The third-order valence-corrected chi connectivity index (χ3v) is 5.12. The normalized spacial score (nSPS) is 11.1. The quantitative estimate of drug-likeness (QED) is 0.270. The van der Waals surface area contributed by atoms with Crippen LogP contribution in [0.15, 0.2) is 133 Å². The molecule has 0 amide bonds. The van der Waals surface area contributed by atoms with Crippen LogP contribution >= 0.6 is 0 Å². The van der Waals surface area contributed by atoms with Gasteiger partial charge in [0.25, 0.3) is 0 Å². The first kappa shape index (κ1) is 21.2. The van der Waals surface area contributed by atoms with Gasteiger partial charge in [0, 0.05) is 22.7 Å². The zero-order valence-electron chi connectivity index (χ0n) is 18.1. The second-order valence-corrected chi connectivity index (χ2v) is 7.64. The molecule has 32 heavy (non-hydrogen) atoms. The average Bonchev–Trinajstić information content (AvgIpc) is 2.85. The summed E-state index contributed by atoms with van der Waals surface area (Å²) >= 11 is 0. The summed E-state index contributed by atoms with van der Waals surface area (Å²) in [5.41, 5.74) is 7.02. The molecule has 2 heteroatoms. The van der Waals surface area contributed by atoms with Gasteiger partial charge in [0.2, 0.25) is 0 Å². The first-order valence-corrected chi connectivity index (χ1v) is 11.0. The van der Waals surface area contributed by atoms with Gasteiger partial charge in [-0.15, -0.1) is 0 Å². The summed E-state index contributed by atoms with van der Waals surface area (Å²) in [6, 6.07) is 37.7. The van der Waals surface area contributed by atoms with Crippen molar-refractivity contribution in [2.24, 2.45) is 0 Å². The van der Waals surface area contributed by atoms with Gasteiger partial charge in [-0.25, -0.2) is 0 Å². The van der Waals surface area contributed by atoms with Crippen LogP contribution in [0.3, 0.4) is 0 Å². The highest BCUT2D eigenvalue weighted by Crippen LogP contribution is 2.18. The van der Waals surface area contributed by atoms with Gasteiger partial charge in [-0.1, -0.05) is 85.0 Å². The Labute approximate surface area is 191 Å². The monoisotopic (exact) mass is 416 g/mol. The van der Waals surface area contributed by atoms with Crippen molar-refractivity contribution in [1.29, 1.82) is 0 Å². The lowest BCUT2D eigenvalue weighted by Crippen LogP contribution is -1.90. The fourth-order valence-electron chi connectivity index (χ4n) is 3.39. The van der Waals surface area contributed by atoms with Crippen LogP contribution in [0.25, 0.3) is 0 Å². The summed E-state index contributed by atoms with van der Waals surface area (Å²) < 4.78 is 0. The Morgan fingerprint density at radius 1 is 0.406 bits per heavy atom. The van der Waals surface area contributed by atoms with Gasteiger partial charge in [0.1, 0.15) is 0 Å². The van der Waals surface area contributed by atoms with Crippen LogP contribution in [-0.4, -0.2) is 0 Å². The molecular formula is C30H28N2. The zero-order chi connectivity index (χ0) is 21.8. The molecule has 2 N–H and O–H groups in total. The maximum Gasteiger partial charge on any atom is 0.0384 e. The molecule has 0 aliphatic carbocycles. The van der Waals surface area contributed by atoms with Crippen LogP contribution in [-0.2, 0) is 12.8 Å². The second kappa shape index (κ2) is 11.4. The van der Waals surface area contributed by atoms with Crippen molar-refractivity contribution in [2.75, 3.05) is 10.6 Å². The Balaban J connectivity index is 1.20. The summed E-state index contributed by atoms with van der Waals surface area (Å²) in [5.74, 6) is 0.